The molecule has 0 spiro atoms. The minimum Gasteiger partial charge on any atom is -0.493 e. The lowest BCUT2D eigenvalue weighted by Crippen LogP contribution is -2.12. The van der Waals surface area contributed by atoms with Gasteiger partial charge in [-0.05, 0) is 29.0 Å². The monoisotopic (exact) mass is 350 g/mol. The number of aryl methyl sites for hydroxylation is 1. The van der Waals surface area contributed by atoms with Crippen LogP contribution in [0, 0.1) is 0 Å². The molecule has 2 rings (SSSR count). The van der Waals surface area contributed by atoms with Crippen molar-refractivity contribution in [1.29, 1.82) is 0 Å². The molecule has 9 heteroatoms. The van der Waals surface area contributed by atoms with Crippen LogP contribution in [0.1, 0.15) is 35.9 Å². The first kappa shape index (κ1) is 18.5. The van der Waals surface area contributed by atoms with Crippen molar-refractivity contribution in [2.45, 2.75) is 32.9 Å². The van der Waals surface area contributed by atoms with Gasteiger partial charge < -0.3 is 18.9 Å². The molecule has 1 aromatic carbocycles. The molecule has 0 bridgehead atoms. The predicted molar refractivity (Wildman–Crippen MR) is 87.9 cm³/mol. The molecular formula is C16H22N4O5. The molecule has 1 heterocycles. The predicted octanol–water partition coefficient (Wildman–Crippen LogP) is 1.86. The van der Waals surface area contributed by atoms with E-state index < -0.39 is 5.97 Å². The Morgan fingerprint density at radius 1 is 1.12 bits per heavy atom. The molecular weight excluding hydrogens is 328 g/mol. The molecule has 0 N–H and O–H groups in total. The number of hydrogen-bond donors (Lipinski definition) is 0. The van der Waals surface area contributed by atoms with Gasteiger partial charge in [0.25, 0.3) is 0 Å². The molecule has 136 valence electrons. The molecule has 0 aliphatic carbocycles. The highest BCUT2D eigenvalue weighted by Crippen LogP contribution is 2.39. The van der Waals surface area contributed by atoms with Crippen LogP contribution >= 0.6 is 0 Å². The number of methoxy groups -OCH3 is 3. The van der Waals surface area contributed by atoms with E-state index in [-0.39, 0.29) is 17.9 Å². The van der Waals surface area contributed by atoms with Crippen molar-refractivity contribution < 1.29 is 23.7 Å². The summed E-state index contributed by atoms with van der Waals surface area (Å²) < 4.78 is 22.7. The van der Waals surface area contributed by atoms with Gasteiger partial charge in [-0.2, -0.15) is 0 Å². The summed E-state index contributed by atoms with van der Waals surface area (Å²) in [6.07, 6.45) is 1.96. The number of ether oxygens (including phenoxy) is 4. The average molecular weight is 350 g/mol. The minimum atomic E-state index is -0.567. The molecule has 0 atom stereocenters. The van der Waals surface area contributed by atoms with Gasteiger partial charge in [-0.1, -0.05) is 13.3 Å². The lowest BCUT2D eigenvalue weighted by Gasteiger charge is -2.15. The van der Waals surface area contributed by atoms with Gasteiger partial charge >= 0.3 is 5.97 Å². The van der Waals surface area contributed by atoms with Gasteiger partial charge in [-0.25, -0.2) is 9.48 Å². The Balaban J connectivity index is 2.15. The first-order valence-electron chi connectivity index (χ1n) is 7.87. The van der Waals surface area contributed by atoms with Gasteiger partial charge in [0.1, 0.15) is 5.56 Å². The van der Waals surface area contributed by atoms with Gasteiger partial charge in [0.05, 0.1) is 21.3 Å². The number of tetrazole rings is 1. The van der Waals surface area contributed by atoms with Crippen molar-refractivity contribution in [1.82, 2.24) is 20.2 Å². The Labute approximate surface area is 145 Å². The maximum absolute atomic E-state index is 12.4. The number of carbonyl (C=O) groups is 1. The fourth-order valence-electron chi connectivity index (χ4n) is 2.28. The number of carbonyl (C=O) groups excluding carboxylic acids is 1. The van der Waals surface area contributed by atoms with Crippen molar-refractivity contribution >= 4 is 5.97 Å². The molecule has 0 fully saturated rings. The van der Waals surface area contributed by atoms with E-state index in [9.17, 15) is 4.79 Å². The van der Waals surface area contributed by atoms with Crippen molar-refractivity contribution in [3.05, 3.63) is 23.5 Å². The zero-order chi connectivity index (χ0) is 18.2. The highest BCUT2D eigenvalue weighted by Gasteiger charge is 2.22. The van der Waals surface area contributed by atoms with Gasteiger partial charge in [-0.3, -0.25) is 0 Å². The van der Waals surface area contributed by atoms with Crippen LogP contribution in [-0.4, -0.2) is 47.5 Å². The number of unbranched alkanes of at least 4 members (excludes halogenated alkanes) is 1. The summed E-state index contributed by atoms with van der Waals surface area (Å²) in [5.74, 6) is 0.952. The molecule has 0 radical (unpaired) electrons. The van der Waals surface area contributed by atoms with Gasteiger partial charge in [0.2, 0.25) is 5.75 Å². The third kappa shape index (κ3) is 4.17. The number of hydrogen-bond acceptors (Lipinski definition) is 8. The molecule has 0 aliphatic heterocycles. The summed E-state index contributed by atoms with van der Waals surface area (Å²) in [5.41, 5.74) is 0.229. The van der Waals surface area contributed by atoms with Crippen molar-refractivity contribution in [3.63, 3.8) is 0 Å². The molecule has 2 aromatic rings. The number of benzene rings is 1. The molecule has 0 aliphatic rings. The van der Waals surface area contributed by atoms with E-state index in [1.54, 1.807) is 16.8 Å². The van der Waals surface area contributed by atoms with E-state index in [0.717, 1.165) is 12.8 Å². The molecule has 1 aromatic heterocycles. The van der Waals surface area contributed by atoms with Crippen molar-refractivity contribution in [2.24, 2.45) is 0 Å². The number of nitrogens with zero attached hydrogens (tertiary/aromatic N) is 4. The average Bonchev–Trinajstić information content (AvgIpc) is 3.10. The van der Waals surface area contributed by atoms with Crippen molar-refractivity contribution in [2.75, 3.05) is 21.3 Å². The summed E-state index contributed by atoms with van der Waals surface area (Å²) in [5, 5.41) is 11.4. The molecule has 9 nitrogen and oxygen atoms in total. The van der Waals surface area contributed by atoms with Crippen LogP contribution in [0.2, 0.25) is 0 Å². The van der Waals surface area contributed by atoms with Crippen molar-refractivity contribution in [3.8, 4) is 17.2 Å². The van der Waals surface area contributed by atoms with E-state index in [4.69, 9.17) is 18.9 Å². The first-order valence-corrected chi connectivity index (χ1v) is 7.87. The fraction of sp³-hybridized carbons (Fsp3) is 0.500. The second-order valence-corrected chi connectivity index (χ2v) is 5.13. The second kappa shape index (κ2) is 8.86. The zero-order valence-corrected chi connectivity index (χ0v) is 14.8. The Morgan fingerprint density at radius 3 is 2.52 bits per heavy atom. The van der Waals surface area contributed by atoms with Crippen LogP contribution in [0.4, 0.5) is 0 Å². The summed E-state index contributed by atoms with van der Waals surface area (Å²) in [6, 6.07) is 3.17. The Hall–Kier alpha value is -2.84. The van der Waals surface area contributed by atoms with Crippen LogP contribution in [0.3, 0.4) is 0 Å². The molecule has 0 saturated carbocycles. The third-order valence-corrected chi connectivity index (χ3v) is 3.59. The lowest BCUT2D eigenvalue weighted by atomic mass is 10.1. The molecule has 0 saturated heterocycles. The molecule has 0 amide bonds. The highest BCUT2D eigenvalue weighted by atomic mass is 16.5. The van der Waals surface area contributed by atoms with Gasteiger partial charge in [-0.15, -0.1) is 5.10 Å². The Kier molecular flexibility index (Phi) is 6.55. The number of esters is 1. The summed E-state index contributed by atoms with van der Waals surface area (Å²) in [7, 11) is 4.42. The zero-order valence-electron chi connectivity index (χ0n) is 14.8. The van der Waals surface area contributed by atoms with Crippen LogP contribution in [0.25, 0.3) is 0 Å². The minimum absolute atomic E-state index is 0.0347. The van der Waals surface area contributed by atoms with Crippen LogP contribution < -0.4 is 14.2 Å². The topological polar surface area (TPSA) is 97.6 Å². The summed E-state index contributed by atoms with van der Waals surface area (Å²) >= 11 is 0. The van der Waals surface area contributed by atoms with Crippen LogP contribution in [0.15, 0.2) is 12.1 Å². The second-order valence-electron chi connectivity index (χ2n) is 5.13. The molecule has 25 heavy (non-hydrogen) atoms. The summed E-state index contributed by atoms with van der Waals surface area (Å²) in [6.45, 7) is 2.72. The quantitative estimate of drug-likeness (QED) is 0.632. The Morgan fingerprint density at radius 2 is 1.88 bits per heavy atom. The van der Waals surface area contributed by atoms with Crippen LogP contribution in [0.5, 0.6) is 17.2 Å². The lowest BCUT2D eigenvalue weighted by molar-refractivity contribution is 0.0452. The number of rotatable bonds is 9. The van der Waals surface area contributed by atoms with Gasteiger partial charge in [0, 0.05) is 6.54 Å². The third-order valence-electron chi connectivity index (χ3n) is 3.59. The van der Waals surface area contributed by atoms with E-state index in [0.29, 0.717) is 23.9 Å². The standard InChI is InChI=1S/C16H22N4O5/c1-5-6-9-20-13(17-18-19-20)10-25-16(21)11-7-8-12(22-2)15(24-4)14(11)23-3/h7-8H,5-6,9-10H2,1-4H3. The normalized spacial score (nSPS) is 10.4. The van der Waals surface area contributed by atoms with E-state index in [1.165, 1.54) is 21.3 Å². The van der Waals surface area contributed by atoms with Gasteiger partial charge in [0.15, 0.2) is 23.9 Å². The summed E-state index contributed by atoms with van der Waals surface area (Å²) in [4.78, 5) is 12.4. The maximum Gasteiger partial charge on any atom is 0.342 e. The van der Waals surface area contributed by atoms with E-state index >= 15 is 0 Å². The SMILES string of the molecule is CCCCn1nnnc1COC(=O)c1ccc(OC)c(OC)c1OC. The number of aromatic nitrogens is 4. The molecule has 0 unspecified atom stereocenters. The van der Waals surface area contributed by atoms with Crippen LogP contribution in [-0.2, 0) is 17.9 Å². The maximum atomic E-state index is 12.4. The van der Waals surface area contributed by atoms with E-state index in [2.05, 4.69) is 22.4 Å². The highest BCUT2D eigenvalue weighted by molar-refractivity contribution is 5.94. The largest absolute Gasteiger partial charge is 0.493 e. The fourth-order valence-corrected chi connectivity index (χ4v) is 2.28. The smallest absolute Gasteiger partial charge is 0.342 e. The first-order chi connectivity index (χ1) is 12.2. The van der Waals surface area contributed by atoms with E-state index in [1.807, 2.05) is 0 Å². The Bertz CT molecular complexity index is 717.